The maximum atomic E-state index is 12.4. The Kier molecular flexibility index (Phi) is 7.36. The number of fused-ring (bicyclic) bond motifs is 1. The van der Waals surface area contributed by atoms with Crippen LogP contribution >= 0.6 is 27.5 Å². The number of benzene rings is 3. The largest absolute Gasteiger partial charge is 0.490 e. The number of nitrogens with zero attached hydrogens (tertiary/aromatic N) is 1. The van der Waals surface area contributed by atoms with Crippen LogP contribution < -0.4 is 24.4 Å². The van der Waals surface area contributed by atoms with Crippen LogP contribution in [0.25, 0.3) is 0 Å². The minimum Gasteiger partial charge on any atom is -0.490 e. The van der Waals surface area contributed by atoms with Crippen LogP contribution in [-0.2, 0) is 6.61 Å². The first-order chi connectivity index (χ1) is 16.0. The Bertz CT molecular complexity index is 1180. The molecular formula is C24H20BrClN2O5. The highest BCUT2D eigenvalue weighted by molar-refractivity contribution is 9.10. The number of amides is 1. The number of hydrogen-bond donors (Lipinski definition) is 1. The lowest BCUT2D eigenvalue weighted by Gasteiger charge is -2.14. The van der Waals surface area contributed by atoms with Crippen molar-refractivity contribution in [2.45, 2.75) is 13.5 Å². The third-order valence-electron chi connectivity index (χ3n) is 4.64. The molecule has 3 aromatic rings. The van der Waals surface area contributed by atoms with Gasteiger partial charge in [-0.05, 0) is 76.4 Å². The van der Waals surface area contributed by atoms with Crippen LogP contribution in [0.1, 0.15) is 28.4 Å². The minimum absolute atomic E-state index is 0.148. The number of carbonyl (C=O) groups excluding carboxylic acids is 1. The van der Waals surface area contributed by atoms with E-state index in [4.69, 9.17) is 30.5 Å². The summed E-state index contributed by atoms with van der Waals surface area (Å²) in [6, 6.07) is 16.0. The molecule has 0 unspecified atom stereocenters. The van der Waals surface area contributed by atoms with Gasteiger partial charge in [0.05, 0.1) is 17.3 Å². The Balaban J connectivity index is 1.44. The van der Waals surface area contributed by atoms with Gasteiger partial charge in [-0.15, -0.1) is 0 Å². The third-order valence-corrected chi connectivity index (χ3v) is 5.48. The van der Waals surface area contributed by atoms with Gasteiger partial charge in [0, 0.05) is 10.6 Å². The summed E-state index contributed by atoms with van der Waals surface area (Å²) >= 11 is 9.48. The van der Waals surface area contributed by atoms with Gasteiger partial charge in [0.25, 0.3) is 5.91 Å². The molecule has 1 amide bonds. The van der Waals surface area contributed by atoms with Crippen molar-refractivity contribution in [3.63, 3.8) is 0 Å². The van der Waals surface area contributed by atoms with Gasteiger partial charge >= 0.3 is 0 Å². The second-order valence-electron chi connectivity index (χ2n) is 6.95. The molecule has 4 rings (SSSR count). The van der Waals surface area contributed by atoms with E-state index in [1.54, 1.807) is 24.3 Å². The van der Waals surface area contributed by atoms with Crippen molar-refractivity contribution in [3.05, 3.63) is 80.8 Å². The minimum atomic E-state index is -0.364. The zero-order valence-corrected chi connectivity index (χ0v) is 20.0. The van der Waals surface area contributed by atoms with Gasteiger partial charge in [-0.3, -0.25) is 4.79 Å². The Labute approximate surface area is 204 Å². The summed E-state index contributed by atoms with van der Waals surface area (Å²) in [5.74, 6) is 1.92. The lowest BCUT2D eigenvalue weighted by Crippen LogP contribution is -2.17. The Hall–Kier alpha value is -3.23. The van der Waals surface area contributed by atoms with Gasteiger partial charge in [0.15, 0.2) is 23.0 Å². The molecule has 0 saturated carbocycles. The van der Waals surface area contributed by atoms with Crippen molar-refractivity contribution in [2.75, 3.05) is 13.4 Å². The maximum Gasteiger partial charge on any atom is 0.271 e. The summed E-state index contributed by atoms with van der Waals surface area (Å²) in [5, 5.41) is 4.73. The van der Waals surface area contributed by atoms with E-state index in [1.165, 1.54) is 6.21 Å². The highest BCUT2D eigenvalue weighted by atomic mass is 79.9. The monoisotopic (exact) mass is 530 g/mol. The van der Waals surface area contributed by atoms with Crippen molar-refractivity contribution in [3.8, 4) is 23.0 Å². The SMILES string of the molecule is CCOc1cc(/C=N\NC(=O)c2ccc3c(c2)OCO3)cc(Br)c1OCc1ccc(Cl)cc1. The topological polar surface area (TPSA) is 78.4 Å². The second kappa shape index (κ2) is 10.6. The first kappa shape index (κ1) is 22.9. The predicted molar refractivity (Wildman–Crippen MR) is 129 cm³/mol. The van der Waals surface area contributed by atoms with Crippen LogP contribution in [0.2, 0.25) is 5.02 Å². The zero-order valence-electron chi connectivity index (χ0n) is 17.6. The highest BCUT2D eigenvalue weighted by Gasteiger charge is 2.16. The number of hydrogen-bond acceptors (Lipinski definition) is 6. The molecular weight excluding hydrogens is 512 g/mol. The zero-order chi connectivity index (χ0) is 23.2. The fourth-order valence-electron chi connectivity index (χ4n) is 3.07. The van der Waals surface area contributed by atoms with Crippen molar-refractivity contribution in [1.82, 2.24) is 5.43 Å². The summed E-state index contributed by atoms with van der Waals surface area (Å²) < 4.78 is 23.0. The fraction of sp³-hybridized carbons (Fsp3) is 0.167. The van der Waals surface area contributed by atoms with Crippen molar-refractivity contribution < 1.29 is 23.7 Å². The van der Waals surface area contributed by atoms with E-state index >= 15 is 0 Å². The van der Waals surface area contributed by atoms with Gasteiger partial charge in [-0.2, -0.15) is 5.10 Å². The van der Waals surface area contributed by atoms with E-state index < -0.39 is 0 Å². The van der Waals surface area contributed by atoms with Crippen molar-refractivity contribution >= 4 is 39.7 Å². The average Bonchev–Trinajstić information content (AvgIpc) is 3.28. The normalized spacial score (nSPS) is 12.1. The van der Waals surface area contributed by atoms with Crippen LogP contribution in [0.4, 0.5) is 0 Å². The maximum absolute atomic E-state index is 12.4. The molecule has 0 bridgehead atoms. The van der Waals surface area contributed by atoms with E-state index in [9.17, 15) is 4.79 Å². The standard InChI is InChI=1S/C24H20BrClN2O5/c1-2-30-22-10-16(9-19(25)23(22)31-13-15-3-6-18(26)7-4-15)12-27-28-24(29)17-5-8-20-21(11-17)33-14-32-20/h3-12H,2,13-14H2,1H3,(H,28,29)/b27-12-. The van der Waals surface area contributed by atoms with Gasteiger partial charge in [0.2, 0.25) is 6.79 Å². The Morgan fingerprint density at radius 2 is 1.91 bits per heavy atom. The van der Waals surface area contributed by atoms with Gasteiger partial charge in [-0.1, -0.05) is 23.7 Å². The van der Waals surface area contributed by atoms with Crippen LogP contribution in [0.3, 0.4) is 0 Å². The summed E-state index contributed by atoms with van der Waals surface area (Å²) in [4.78, 5) is 12.4. The molecule has 0 aromatic heterocycles. The summed E-state index contributed by atoms with van der Waals surface area (Å²) in [6.07, 6.45) is 1.53. The van der Waals surface area contributed by atoms with E-state index in [2.05, 4.69) is 26.5 Å². The number of nitrogens with one attached hydrogen (secondary N) is 1. The summed E-state index contributed by atoms with van der Waals surface area (Å²) in [5.41, 5.74) is 4.62. The molecule has 1 aliphatic heterocycles. The van der Waals surface area contributed by atoms with Crippen LogP contribution in [0.5, 0.6) is 23.0 Å². The molecule has 0 fully saturated rings. The van der Waals surface area contributed by atoms with E-state index in [0.29, 0.717) is 51.3 Å². The average molecular weight is 532 g/mol. The fourth-order valence-corrected chi connectivity index (χ4v) is 3.77. The lowest BCUT2D eigenvalue weighted by atomic mass is 10.2. The van der Waals surface area contributed by atoms with Gasteiger partial charge in [-0.25, -0.2) is 5.43 Å². The molecule has 0 aliphatic carbocycles. The van der Waals surface area contributed by atoms with Gasteiger partial charge < -0.3 is 18.9 Å². The number of hydrazone groups is 1. The number of rotatable bonds is 8. The lowest BCUT2D eigenvalue weighted by molar-refractivity contribution is 0.0954. The molecule has 170 valence electrons. The van der Waals surface area contributed by atoms with Crippen molar-refractivity contribution in [2.24, 2.45) is 5.10 Å². The van der Waals surface area contributed by atoms with Crippen molar-refractivity contribution in [1.29, 1.82) is 0 Å². The smallest absolute Gasteiger partial charge is 0.271 e. The first-order valence-corrected chi connectivity index (χ1v) is 11.3. The molecule has 33 heavy (non-hydrogen) atoms. The molecule has 1 aliphatic rings. The molecule has 3 aromatic carbocycles. The molecule has 9 heteroatoms. The van der Waals surface area contributed by atoms with E-state index in [1.807, 2.05) is 37.3 Å². The number of ether oxygens (including phenoxy) is 4. The number of carbonyl (C=O) groups is 1. The predicted octanol–water partition coefficient (Wildman–Crippen LogP) is 5.57. The molecule has 1 N–H and O–H groups in total. The summed E-state index contributed by atoms with van der Waals surface area (Å²) in [6.45, 7) is 2.86. The summed E-state index contributed by atoms with van der Waals surface area (Å²) in [7, 11) is 0. The molecule has 0 spiro atoms. The molecule has 0 atom stereocenters. The molecule has 7 nitrogen and oxygen atoms in total. The van der Waals surface area contributed by atoms with E-state index in [-0.39, 0.29) is 12.7 Å². The van der Waals surface area contributed by atoms with Crippen LogP contribution in [-0.4, -0.2) is 25.5 Å². The molecule has 0 saturated heterocycles. The van der Waals surface area contributed by atoms with Crippen LogP contribution in [0.15, 0.2) is 64.2 Å². The molecule has 1 heterocycles. The Morgan fingerprint density at radius 1 is 1.12 bits per heavy atom. The molecule has 0 radical (unpaired) electrons. The van der Waals surface area contributed by atoms with E-state index in [0.717, 1.165) is 11.1 Å². The third kappa shape index (κ3) is 5.77. The quantitative estimate of drug-likeness (QED) is 0.304. The number of halogens is 2. The van der Waals surface area contributed by atoms with Gasteiger partial charge in [0.1, 0.15) is 6.61 Å². The second-order valence-corrected chi connectivity index (χ2v) is 8.24. The first-order valence-electron chi connectivity index (χ1n) is 10.1. The van der Waals surface area contributed by atoms with Crippen LogP contribution in [0, 0.1) is 0 Å². The highest BCUT2D eigenvalue weighted by Crippen LogP contribution is 2.37. The Morgan fingerprint density at radius 3 is 2.70 bits per heavy atom.